The van der Waals surface area contributed by atoms with E-state index < -0.39 is 0 Å². The summed E-state index contributed by atoms with van der Waals surface area (Å²) >= 11 is 0. The standard InChI is InChI=1S/C15H17N3O/c16-7-11-5-15(19)18(9-11)10-14-6-12-3-1-2-4-13(12)8-17-14/h1-4,6,8,11H,5,7,9-10,16H2. The number of nitrogens with two attached hydrogens (primary N) is 1. The number of benzene rings is 1. The molecule has 2 heterocycles. The summed E-state index contributed by atoms with van der Waals surface area (Å²) in [4.78, 5) is 18.1. The quantitative estimate of drug-likeness (QED) is 0.905. The first-order valence-corrected chi connectivity index (χ1v) is 6.58. The molecule has 1 aromatic carbocycles. The van der Waals surface area contributed by atoms with Gasteiger partial charge >= 0.3 is 0 Å². The first-order chi connectivity index (χ1) is 9.26. The number of nitrogens with zero attached hydrogens (tertiary/aromatic N) is 2. The van der Waals surface area contributed by atoms with E-state index in [-0.39, 0.29) is 5.91 Å². The molecule has 1 atom stereocenters. The Kier molecular flexibility index (Phi) is 3.17. The van der Waals surface area contributed by atoms with Crippen LogP contribution in [-0.4, -0.2) is 28.9 Å². The van der Waals surface area contributed by atoms with Crippen LogP contribution in [0.1, 0.15) is 12.1 Å². The van der Waals surface area contributed by atoms with Crippen molar-refractivity contribution in [1.29, 1.82) is 0 Å². The van der Waals surface area contributed by atoms with Gasteiger partial charge in [-0.2, -0.15) is 0 Å². The number of hydrogen-bond acceptors (Lipinski definition) is 3. The van der Waals surface area contributed by atoms with E-state index in [4.69, 9.17) is 5.73 Å². The lowest BCUT2D eigenvalue weighted by molar-refractivity contribution is -0.128. The Balaban J connectivity index is 1.80. The normalized spacial score (nSPS) is 19.3. The number of pyridine rings is 1. The third-order valence-corrected chi connectivity index (χ3v) is 3.67. The van der Waals surface area contributed by atoms with Crippen LogP contribution in [0.25, 0.3) is 10.8 Å². The van der Waals surface area contributed by atoms with Crippen LogP contribution in [0.15, 0.2) is 36.5 Å². The van der Waals surface area contributed by atoms with E-state index in [0.29, 0.717) is 25.4 Å². The van der Waals surface area contributed by atoms with E-state index >= 15 is 0 Å². The fourth-order valence-electron chi connectivity index (χ4n) is 2.58. The lowest BCUT2D eigenvalue weighted by atomic mass is 10.1. The summed E-state index contributed by atoms with van der Waals surface area (Å²) < 4.78 is 0. The Bertz CT molecular complexity index is 611. The van der Waals surface area contributed by atoms with Crippen LogP contribution >= 0.6 is 0 Å². The zero-order chi connectivity index (χ0) is 13.2. The fourth-order valence-corrected chi connectivity index (χ4v) is 2.58. The Morgan fingerprint density at radius 2 is 2.11 bits per heavy atom. The molecule has 0 saturated carbocycles. The summed E-state index contributed by atoms with van der Waals surface area (Å²) in [5, 5.41) is 2.29. The maximum atomic E-state index is 11.9. The Hall–Kier alpha value is -1.94. The molecule has 1 unspecified atom stereocenters. The third kappa shape index (κ3) is 2.44. The van der Waals surface area contributed by atoms with E-state index in [1.54, 1.807) is 0 Å². The van der Waals surface area contributed by atoms with Gasteiger partial charge in [-0.05, 0) is 23.9 Å². The molecule has 0 bridgehead atoms. The zero-order valence-corrected chi connectivity index (χ0v) is 10.7. The van der Waals surface area contributed by atoms with Crippen LogP contribution in [0, 0.1) is 5.92 Å². The molecular weight excluding hydrogens is 238 g/mol. The zero-order valence-electron chi connectivity index (χ0n) is 10.7. The number of hydrogen-bond donors (Lipinski definition) is 1. The van der Waals surface area contributed by atoms with Gasteiger partial charge in [0.25, 0.3) is 0 Å². The van der Waals surface area contributed by atoms with Gasteiger partial charge in [0.1, 0.15) is 0 Å². The first kappa shape index (κ1) is 12.1. The average Bonchev–Trinajstić information content (AvgIpc) is 2.79. The van der Waals surface area contributed by atoms with Gasteiger partial charge in [0.05, 0.1) is 12.2 Å². The second-order valence-corrected chi connectivity index (χ2v) is 5.10. The number of aromatic nitrogens is 1. The second kappa shape index (κ2) is 4.97. The summed E-state index contributed by atoms with van der Waals surface area (Å²) in [5.41, 5.74) is 6.57. The van der Waals surface area contributed by atoms with Gasteiger partial charge in [-0.25, -0.2) is 0 Å². The fraction of sp³-hybridized carbons (Fsp3) is 0.333. The SMILES string of the molecule is NCC1CC(=O)N(Cc2cc3ccccc3cn2)C1. The summed E-state index contributed by atoms with van der Waals surface area (Å²) in [7, 11) is 0. The predicted octanol–water partition coefficient (Wildman–Crippen LogP) is 1.54. The lowest BCUT2D eigenvalue weighted by Gasteiger charge is -2.16. The highest BCUT2D eigenvalue weighted by atomic mass is 16.2. The van der Waals surface area contributed by atoms with E-state index in [1.165, 1.54) is 0 Å². The molecule has 1 aliphatic heterocycles. The molecule has 19 heavy (non-hydrogen) atoms. The van der Waals surface area contributed by atoms with Crippen LogP contribution < -0.4 is 5.73 Å². The molecule has 0 aliphatic carbocycles. The van der Waals surface area contributed by atoms with Crippen molar-refractivity contribution in [3.63, 3.8) is 0 Å². The highest BCUT2D eigenvalue weighted by Crippen LogP contribution is 2.20. The molecule has 3 rings (SSSR count). The molecule has 0 spiro atoms. The van der Waals surface area contributed by atoms with Gasteiger partial charge in [0.2, 0.25) is 5.91 Å². The van der Waals surface area contributed by atoms with Crippen molar-refractivity contribution in [2.45, 2.75) is 13.0 Å². The van der Waals surface area contributed by atoms with Gasteiger partial charge in [0, 0.05) is 24.5 Å². The number of amides is 1. The molecule has 1 aromatic heterocycles. The molecule has 98 valence electrons. The van der Waals surface area contributed by atoms with Crippen molar-refractivity contribution in [3.8, 4) is 0 Å². The second-order valence-electron chi connectivity index (χ2n) is 5.10. The summed E-state index contributed by atoms with van der Waals surface area (Å²) in [6, 6.07) is 10.2. The van der Waals surface area contributed by atoms with E-state index in [2.05, 4.69) is 17.1 Å². The Morgan fingerprint density at radius 1 is 1.32 bits per heavy atom. The molecule has 4 nitrogen and oxygen atoms in total. The first-order valence-electron chi connectivity index (χ1n) is 6.58. The third-order valence-electron chi connectivity index (χ3n) is 3.67. The summed E-state index contributed by atoms with van der Waals surface area (Å²) in [6.45, 7) is 1.91. The molecule has 1 saturated heterocycles. The monoisotopic (exact) mass is 255 g/mol. The van der Waals surface area contributed by atoms with Crippen molar-refractivity contribution in [2.24, 2.45) is 11.7 Å². The number of likely N-dealkylation sites (tertiary alicyclic amines) is 1. The van der Waals surface area contributed by atoms with Crippen LogP contribution in [0.2, 0.25) is 0 Å². The molecule has 2 aromatic rings. The van der Waals surface area contributed by atoms with Gasteiger partial charge < -0.3 is 10.6 Å². The molecule has 4 heteroatoms. The maximum Gasteiger partial charge on any atom is 0.223 e. The van der Waals surface area contributed by atoms with Gasteiger partial charge in [-0.15, -0.1) is 0 Å². The van der Waals surface area contributed by atoms with Gasteiger partial charge in [-0.1, -0.05) is 24.3 Å². The Labute approximate surface area is 112 Å². The number of carbonyl (C=O) groups excluding carboxylic acids is 1. The van der Waals surface area contributed by atoms with Gasteiger partial charge in [-0.3, -0.25) is 9.78 Å². The predicted molar refractivity (Wildman–Crippen MR) is 74.3 cm³/mol. The van der Waals surface area contributed by atoms with Crippen molar-refractivity contribution >= 4 is 16.7 Å². The largest absolute Gasteiger partial charge is 0.336 e. The minimum atomic E-state index is 0.186. The molecule has 1 amide bonds. The lowest BCUT2D eigenvalue weighted by Crippen LogP contribution is -2.26. The Morgan fingerprint density at radius 3 is 2.84 bits per heavy atom. The van der Waals surface area contributed by atoms with Crippen LogP contribution in [0.4, 0.5) is 0 Å². The number of rotatable bonds is 3. The summed E-state index contributed by atoms with van der Waals surface area (Å²) in [6.07, 6.45) is 2.44. The average molecular weight is 255 g/mol. The van der Waals surface area contributed by atoms with Gasteiger partial charge in [0.15, 0.2) is 0 Å². The topological polar surface area (TPSA) is 59.2 Å². The van der Waals surface area contributed by atoms with E-state index in [1.807, 2.05) is 29.3 Å². The minimum absolute atomic E-state index is 0.186. The minimum Gasteiger partial charge on any atom is -0.336 e. The van der Waals surface area contributed by atoms with Crippen molar-refractivity contribution < 1.29 is 4.79 Å². The molecule has 2 N–H and O–H groups in total. The molecule has 0 radical (unpaired) electrons. The molecule has 1 fully saturated rings. The number of fused-ring (bicyclic) bond motifs is 1. The van der Waals surface area contributed by atoms with E-state index in [9.17, 15) is 4.79 Å². The highest BCUT2D eigenvalue weighted by Gasteiger charge is 2.28. The smallest absolute Gasteiger partial charge is 0.223 e. The van der Waals surface area contributed by atoms with Crippen molar-refractivity contribution in [3.05, 3.63) is 42.2 Å². The maximum absolute atomic E-state index is 11.9. The summed E-state index contributed by atoms with van der Waals surface area (Å²) in [5.74, 6) is 0.485. The van der Waals surface area contributed by atoms with Crippen LogP contribution in [0.5, 0.6) is 0 Å². The molecular formula is C15H17N3O. The van der Waals surface area contributed by atoms with Crippen LogP contribution in [0.3, 0.4) is 0 Å². The highest BCUT2D eigenvalue weighted by molar-refractivity contribution is 5.82. The van der Waals surface area contributed by atoms with E-state index in [0.717, 1.165) is 23.0 Å². The molecule has 1 aliphatic rings. The van der Waals surface area contributed by atoms with Crippen molar-refractivity contribution in [1.82, 2.24) is 9.88 Å². The number of carbonyl (C=O) groups is 1. The van der Waals surface area contributed by atoms with Crippen molar-refractivity contribution in [2.75, 3.05) is 13.1 Å². The van der Waals surface area contributed by atoms with Crippen LogP contribution in [-0.2, 0) is 11.3 Å².